The van der Waals surface area contributed by atoms with Crippen molar-refractivity contribution in [2.75, 3.05) is 18.5 Å². The van der Waals surface area contributed by atoms with Gasteiger partial charge in [-0.1, -0.05) is 35.9 Å². The Morgan fingerprint density at radius 3 is 2.50 bits per heavy atom. The molecule has 0 fully saturated rings. The van der Waals surface area contributed by atoms with Gasteiger partial charge >= 0.3 is 0 Å². The molecule has 94 valence electrons. The first-order valence-electron chi connectivity index (χ1n) is 5.99. The maximum atomic E-state index is 6.09. The smallest absolute Gasteiger partial charge is 0.0456 e. The Balaban J connectivity index is 2.40. The lowest BCUT2D eigenvalue weighted by molar-refractivity contribution is 0.961. The number of benzene rings is 2. The number of halogens is 1. The SMILES string of the molecule is CN(c1ccccc1)c1cc(Cl)ccc1CCN. The molecule has 0 heterocycles. The molecule has 0 aliphatic rings. The topological polar surface area (TPSA) is 29.3 Å². The molecule has 2 N–H and O–H groups in total. The van der Waals surface area contributed by atoms with Gasteiger partial charge in [-0.05, 0) is 42.8 Å². The van der Waals surface area contributed by atoms with E-state index in [1.165, 1.54) is 5.56 Å². The minimum Gasteiger partial charge on any atom is -0.344 e. The molecule has 0 aliphatic heterocycles. The quantitative estimate of drug-likeness (QED) is 0.910. The first-order chi connectivity index (χ1) is 8.72. The monoisotopic (exact) mass is 260 g/mol. The predicted octanol–water partition coefficient (Wildman–Crippen LogP) is 3.61. The van der Waals surface area contributed by atoms with Crippen molar-refractivity contribution >= 4 is 23.0 Å². The Morgan fingerprint density at radius 2 is 1.83 bits per heavy atom. The fraction of sp³-hybridized carbons (Fsp3) is 0.200. The molecular formula is C15H17ClN2. The Labute approximate surface area is 113 Å². The zero-order chi connectivity index (χ0) is 13.0. The summed E-state index contributed by atoms with van der Waals surface area (Å²) in [5.41, 5.74) is 9.12. The van der Waals surface area contributed by atoms with Crippen molar-refractivity contribution in [1.29, 1.82) is 0 Å². The Hall–Kier alpha value is -1.51. The van der Waals surface area contributed by atoms with Crippen LogP contribution in [0.5, 0.6) is 0 Å². The minimum absolute atomic E-state index is 0.636. The van der Waals surface area contributed by atoms with Gasteiger partial charge in [-0.25, -0.2) is 0 Å². The summed E-state index contributed by atoms with van der Waals surface area (Å²) in [6.07, 6.45) is 0.851. The van der Waals surface area contributed by atoms with E-state index in [1.54, 1.807) is 0 Å². The molecule has 0 unspecified atom stereocenters. The third-order valence-electron chi connectivity index (χ3n) is 2.97. The van der Waals surface area contributed by atoms with Gasteiger partial charge < -0.3 is 10.6 Å². The highest BCUT2D eigenvalue weighted by Crippen LogP contribution is 2.29. The first-order valence-corrected chi connectivity index (χ1v) is 6.37. The van der Waals surface area contributed by atoms with Crippen molar-refractivity contribution < 1.29 is 0 Å². The van der Waals surface area contributed by atoms with Crippen LogP contribution in [0.1, 0.15) is 5.56 Å². The van der Waals surface area contributed by atoms with Gasteiger partial charge in [0.25, 0.3) is 0 Å². The maximum absolute atomic E-state index is 6.09. The van der Waals surface area contributed by atoms with E-state index in [2.05, 4.69) is 17.0 Å². The van der Waals surface area contributed by atoms with Gasteiger partial charge in [0.15, 0.2) is 0 Å². The van der Waals surface area contributed by atoms with Crippen LogP contribution in [0, 0.1) is 0 Å². The standard InChI is InChI=1S/C15H17ClN2/c1-18(14-5-3-2-4-6-14)15-11-13(16)8-7-12(15)9-10-17/h2-8,11H,9-10,17H2,1H3. The van der Waals surface area contributed by atoms with Gasteiger partial charge in [0.05, 0.1) is 0 Å². The number of rotatable bonds is 4. The lowest BCUT2D eigenvalue weighted by atomic mass is 10.1. The summed E-state index contributed by atoms with van der Waals surface area (Å²) in [7, 11) is 2.04. The second-order valence-corrected chi connectivity index (χ2v) is 4.64. The number of anilines is 2. The molecule has 0 bridgehead atoms. The van der Waals surface area contributed by atoms with Crippen molar-refractivity contribution in [3.63, 3.8) is 0 Å². The summed E-state index contributed by atoms with van der Waals surface area (Å²) < 4.78 is 0. The molecule has 0 spiro atoms. The van der Waals surface area contributed by atoms with Gasteiger partial charge in [0, 0.05) is 23.4 Å². The summed E-state index contributed by atoms with van der Waals surface area (Å²) in [5.74, 6) is 0. The maximum Gasteiger partial charge on any atom is 0.0456 e. The molecule has 0 amide bonds. The van der Waals surface area contributed by atoms with Gasteiger partial charge in [0.1, 0.15) is 0 Å². The molecule has 0 atom stereocenters. The van der Waals surface area contributed by atoms with Crippen LogP contribution >= 0.6 is 11.6 Å². The van der Waals surface area contributed by atoms with E-state index in [0.717, 1.165) is 22.8 Å². The van der Waals surface area contributed by atoms with E-state index in [-0.39, 0.29) is 0 Å². The van der Waals surface area contributed by atoms with E-state index in [1.807, 2.05) is 43.4 Å². The van der Waals surface area contributed by atoms with Crippen LogP contribution in [-0.4, -0.2) is 13.6 Å². The van der Waals surface area contributed by atoms with Crippen LogP contribution in [-0.2, 0) is 6.42 Å². The fourth-order valence-corrected chi connectivity index (χ4v) is 2.17. The highest BCUT2D eigenvalue weighted by atomic mass is 35.5. The Bertz CT molecular complexity index is 511. The second-order valence-electron chi connectivity index (χ2n) is 4.21. The normalized spacial score (nSPS) is 10.4. The molecule has 2 rings (SSSR count). The van der Waals surface area contributed by atoms with Crippen molar-refractivity contribution in [3.8, 4) is 0 Å². The van der Waals surface area contributed by atoms with Crippen LogP contribution in [0.3, 0.4) is 0 Å². The van der Waals surface area contributed by atoms with Crippen molar-refractivity contribution in [3.05, 3.63) is 59.1 Å². The lowest BCUT2D eigenvalue weighted by Gasteiger charge is -2.23. The van der Waals surface area contributed by atoms with Crippen molar-refractivity contribution in [1.82, 2.24) is 0 Å². The van der Waals surface area contributed by atoms with E-state index < -0.39 is 0 Å². The Morgan fingerprint density at radius 1 is 1.11 bits per heavy atom. The van der Waals surface area contributed by atoms with Gasteiger partial charge in [-0.3, -0.25) is 0 Å². The van der Waals surface area contributed by atoms with Crippen LogP contribution in [0.25, 0.3) is 0 Å². The zero-order valence-electron chi connectivity index (χ0n) is 10.4. The molecule has 2 aromatic carbocycles. The molecular weight excluding hydrogens is 244 g/mol. The highest BCUT2D eigenvalue weighted by molar-refractivity contribution is 6.30. The minimum atomic E-state index is 0.636. The largest absolute Gasteiger partial charge is 0.344 e. The summed E-state index contributed by atoms with van der Waals surface area (Å²) in [6.45, 7) is 0.636. The molecule has 0 aliphatic carbocycles. The average Bonchev–Trinajstić information content (AvgIpc) is 2.41. The van der Waals surface area contributed by atoms with E-state index in [4.69, 9.17) is 17.3 Å². The third-order valence-corrected chi connectivity index (χ3v) is 3.20. The molecule has 2 aromatic rings. The zero-order valence-corrected chi connectivity index (χ0v) is 11.2. The number of nitrogens with two attached hydrogens (primary N) is 1. The Kier molecular flexibility index (Phi) is 4.24. The van der Waals surface area contributed by atoms with Gasteiger partial charge in [-0.15, -0.1) is 0 Å². The van der Waals surface area contributed by atoms with Crippen LogP contribution in [0.15, 0.2) is 48.5 Å². The molecule has 3 heteroatoms. The van der Waals surface area contributed by atoms with Crippen LogP contribution in [0.4, 0.5) is 11.4 Å². The molecule has 0 saturated heterocycles. The number of nitrogens with zero attached hydrogens (tertiary/aromatic N) is 1. The molecule has 0 saturated carbocycles. The highest BCUT2D eigenvalue weighted by Gasteiger charge is 2.09. The predicted molar refractivity (Wildman–Crippen MR) is 78.7 cm³/mol. The van der Waals surface area contributed by atoms with Crippen molar-refractivity contribution in [2.24, 2.45) is 5.73 Å². The lowest BCUT2D eigenvalue weighted by Crippen LogP contribution is -2.13. The number of para-hydroxylation sites is 1. The molecule has 18 heavy (non-hydrogen) atoms. The van der Waals surface area contributed by atoms with Crippen LogP contribution < -0.4 is 10.6 Å². The molecule has 0 radical (unpaired) electrons. The van der Waals surface area contributed by atoms with Crippen molar-refractivity contribution in [2.45, 2.75) is 6.42 Å². The number of hydrogen-bond donors (Lipinski definition) is 1. The van der Waals surface area contributed by atoms with Gasteiger partial charge in [-0.2, -0.15) is 0 Å². The second kappa shape index (κ2) is 5.89. The first kappa shape index (κ1) is 12.9. The summed E-state index contributed by atoms with van der Waals surface area (Å²) in [6, 6.07) is 16.2. The number of hydrogen-bond acceptors (Lipinski definition) is 2. The van der Waals surface area contributed by atoms with Crippen LogP contribution in [0.2, 0.25) is 5.02 Å². The molecule has 2 nitrogen and oxygen atoms in total. The third kappa shape index (κ3) is 2.84. The summed E-state index contributed by atoms with van der Waals surface area (Å²) >= 11 is 6.09. The van der Waals surface area contributed by atoms with E-state index in [0.29, 0.717) is 6.54 Å². The summed E-state index contributed by atoms with van der Waals surface area (Å²) in [5, 5.41) is 0.744. The van der Waals surface area contributed by atoms with E-state index >= 15 is 0 Å². The molecule has 0 aromatic heterocycles. The van der Waals surface area contributed by atoms with Gasteiger partial charge in [0.2, 0.25) is 0 Å². The summed E-state index contributed by atoms with van der Waals surface area (Å²) in [4.78, 5) is 2.14. The van der Waals surface area contributed by atoms with E-state index in [9.17, 15) is 0 Å². The fourth-order valence-electron chi connectivity index (χ4n) is 2.01. The average molecular weight is 261 g/mol.